The van der Waals surface area contributed by atoms with Gasteiger partial charge in [-0.1, -0.05) is 30.3 Å². The molecule has 0 saturated carbocycles. The van der Waals surface area contributed by atoms with E-state index in [2.05, 4.69) is 5.32 Å². The molecule has 7 heteroatoms. The molecule has 1 amide bonds. The van der Waals surface area contributed by atoms with Crippen LogP contribution in [0.4, 0.5) is 11.4 Å². The number of nitrogens with one attached hydrogen (secondary N) is 1. The Morgan fingerprint density at radius 2 is 1.88 bits per heavy atom. The number of hydrogen-bond acceptors (Lipinski definition) is 4. The summed E-state index contributed by atoms with van der Waals surface area (Å²) < 4.78 is 5.14. The van der Waals surface area contributed by atoms with Crippen LogP contribution in [0.5, 0.6) is 5.75 Å². The molecule has 0 saturated heterocycles. The maximum absolute atomic E-state index is 12.4. The summed E-state index contributed by atoms with van der Waals surface area (Å²) in [6.07, 6.45) is 0. The van der Waals surface area contributed by atoms with Crippen LogP contribution in [-0.2, 0) is 4.79 Å². The zero-order chi connectivity index (χ0) is 18.4. The summed E-state index contributed by atoms with van der Waals surface area (Å²) in [6, 6.07) is 13.8. The first-order chi connectivity index (χ1) is 11.9. The van der Waals surface area contributed by atoms with E-state index in [0.717, 1.165) is 5.56 Å². The van der Waals surface area contributed by atoms with Crippen LogP contribution in [-0.4, -0.2) is 24.0 Å². The molecule has 0 aliphatic heterocycles. The quantitative estimate of drug-likeness (QED) is 0.594. The predicted octanol–water partition coefficient (Wildman–Crippen LogP) is 2.25. The number of nitro benzene ring substituents is 1. The predicted molar refractivity (Wildman–Crippen MR) is 94.5 cm³/mol. The molecule has 0 fully saturated rings. The highest BCUT2D eigenvalue weighted by Gasteiger charge is 2.22. The number of anilines is 1. The SMILES string of the molecule is COc1cc([N+](=O)[O-])ccc1NC(=O)[C@H](C)[NH2+][C@H](C)c1ccccc1. The average Bonchev–Trinajstić information content (AvgIpc) is 2.62. The third-order valence-electron chi connectivity index (χ3n) is 3.97. The molecule has 0 unspecified atom stereocenters. The molecular weight excluding hydrogens is 322 g/mol. The molecule has 25 heavy (non-hydrogen) atoms. The van der Waals surface area contributed by atoms with Gasteiger partial charge in [-0.25, -0.2) is 0 Å². The minimum absolute atomic E-state index is 0.0906. The summed E-state index contributed by atoms with van der Waals surface area (Å²) in [5, 5.41) is 15.6. The standard InChI is InChI=1S/C18H21N3O4/c1-12(14-7-5-4-6-8-14)19-13(2)18(22)20-16-10-9-15(21(23)24)11-17(16)25-3/h4-13,19H,1-3H3,(H,20,22)/p+1/t12-,13+/m1/s1. The number of ether oxygens (including phenoxy) is 1. The normalized spacial score (nSPS) is 12.9. The number of benzene rings is 2. The fourth-order valence-electron chi connectivity index (χ4n) is 2.53. The lowest BCUT2D eigenvalue weighted by Crippen LogP contribution is -2.91. The first-order valence-corrected chi connectivity index (χ1v) is 7.95. The third kappa shape index (κ3) is 4.77. The van der Waals surface area contributed by atoms with Gasteiger partial charge in [0.1, 0.15) is 11.8 Å². The third-order valence-corrected chi connectivity index (χ3v) is 3.97. The second-order valence-electron chi connectivity index (χ2n) is 5.81. The summed E-state index contributed by atoms with van der Waals surface area (Å²) >= 11 is 0. The van der Waals surface area contributed by atoms with Crippen LogP contribution in [0.1, 0.15) is 25.5 Å². The second-order valence-corrected chi connectivity index (χ2v) is 5.81. The van der Waals surface area contributed by atoms with Crippen molar-refractivity contribution in [3.63, 3.8) is 0 Å². The number of nitrogens with two attached hydrogens (primary N) is 1. The van der Waals surface area contributed by atoms with Crippen molar-refractivity contribution in [2.75, 3.05) is 12.4 Å². The zero-order valence-electron chi connectivity index (χ0n) is 14.4. The fraction of sp³-hybridized carbons (Fsp3) is 0.278. The van der Waals surface area contributed by atoms with E-state index in [-0.39, 0.29) is 29.4 Å². The molecule has 0 bridgehead atoms. The largest absolute Gasteiger partial charge is 0.494 e. The Hall–Kier alpha value is -2.93. The molecule has 0 radical (unpaired) electrons. The number of methoxy groups -OCH3 is 1. The smallest absolute Gasteiger partial charge is 0.282 e. The van der Waals surface area contributed by atoms with Crippen molar-refractivity contribution >= 4 is 17.3 Å². The summed E-state index contributed by atoms with van der Waals surface area (Å²) in [5.74, 6) is 0.0563. The van der Waals surface area contributed by atoms with Gasteiger partial charge in [0.15, 0.2) is 6.04 Å². The van der Waals surface area contributed by atoms with Crippen LogP contribution in [0.25, 0.3) is 0 Å². The van der Waals surface area contributed by atoms with E-state index < -0.39 is 4.92 Å². The van der Waals surface area contributed by atoms with Gasteiger partial charge in [0.25, 0.3) is 11.6 Å². The van der Waals surface area contributed by atoms with E-state index in [1.807, 2.05) is 49.5 Å². The molecule has 0 heterocycles. The average molecular weight is 344 g/mol. The first kappa shape index (κ1) is 18.4. The van der Waals surface area contributed by atoms with Crippen molar-refractivity contribution in [1.29, 1.82) is 0 Å². The van der Waals surface area contributed by atoms with Crippen molar-refractivity contribution < 1.29 is 19.8 Å². The number of nitrogens with zero attached hydrogens (tertiary/aromatic N) is 1. The molecule has 2 atom stereocenters. The maximum atomic E-state index is 12.4. The van der Waals surface area contributed by atoms with Crippen molar-refractivity contribution in [1.82, 2.24) is 0 Å². The van der Waals surface area contributed by atoms with Crippen molar-refractivity contribution in [3.8, 4) is 5.75 Å². The van der Waals surface area contributed by atoms with Crippen LogP contribution in [0, 0.1) is 10.1 Å². The molecule has 3 N–H and O–H groups in total. The van der Waals surface area contributed by atoms with Crippen molar-refractivity contribution in [2.24, 2.45) is 0 Å². The Labute approximate surface area is 146 Å². The topological polar surface area (TPSA) is 98.1 Å². The van der Waals surface area contributed by atoms with E-state index in [1.165, 1.54) is 25.3 Å². The monoisotopic (exact) mass is 344 g/mol. The molecule has 0 spiro atoms. The van der Waals surface area contributed by atoms with E-state index >= 15 is 0 Å². The Morgan fingerprint density at radius 1 is 1.20 bits per heavy atom. The van der Waals surface area contributed by atoms with Gasteiger partial charge in [-0.05, 0) is 19.9 Å². The van der Waals surface area contributed by atoms with Crippen LogP contribution >= 0.6 is 0 Å². The number of carbonyl (C=O) groups excluding carboxylic acids is 1. The summed E-state index contributed by atoms with van der Waals surface area (Å²) in [6.45, 7) is 3.85. The Morgan fingerprint density at radius 3 is 2.48 bits per heavy atom. The first-order valence-electron chi connectivity index (χ1n) is 7.95. The molecule has 0 aliphatic rings. The summed E-state index contributed by atoms with van der Waals surface area (Å²) in [7, 11) is 1.40. The van der Waals surface area contributed by atoms with Crippen LogP contribution in [0.3, 0.4) is 0 Å². The van der Waals surface area contributed by atoms with Crippen molar-refractivity contribution in [2.45, 2.75) is 25.9 Å². The number of rotatable bonds is 7. The number of hydrogen-bond donors (Lipinski definition) is 2. The maximum Gasteiger partial charge on any atom is 0.282 e. The number of nitro groups is 1. The molecule has 7 nitrogen and oxygen atoms in total. The van der Waals surface area contributed by atoms with E-state index in [9.17, 15) is 14.9 Å². The van der Waals surface area contributed by atoms with Crippen molar-refractivity contribution in [3.05, 3.63) is 64.2 Å². The fourth-order valence-corrected chi connectivity index (χ4v) is 2.53. The highest BCUT2D eigenvalue weighted by molar-refractivity contribution is 5.95. The lowest BCUT2D eigenvalue weighted by atomic mass is 10.1. The molecule has 0 aliphatic carbocycles. The minimum atomic E-state index is -0.508. The van der Waals surface area contributed by atoms with Crippen LogP contribution < -0.4 is 15.4 Å². The van der Waals surface area contributed by atoms with Gasteiger partial charge in [0.05, 0.1) is 23.8 Å². The summed E-state index contributed by atoms with van der Waals surface area (Å²) in [4.78, 5) is 22.8. The second kappa shape index (κ2) is 8.25. The lowest BCUT2D eigenvalue weighted by Gasteiger charge is -2.17. The van der Waals surface area contributed by atoms with Gasteiger partial charge < -0.3 is 15.4 Å². The van der Waals surface area contributed by atoms with E-state index in [4.69, 9.17) is 4.74 Å². The number of amides is 1. The zero-order valence-corrected chi connectivity index (χ0v) is 14.4. The van der Waals surface area contributed by atoms with Crippen LogP contribution in [0.2, 0.25) is 0 Å². The Bertz CT molecular complexity index is 749. The van der Waals surface area contributed by atoms with Gasteiger partial charge in [-0.15, -0.1) is 0 Å². The number of carbonyl (C=O) groups is 1. The van der Waals surface area contributed by atoms with E-state index in [0.29, 0.717) is 5.69 Å². The van der Waals surface area contributed by atoms with Gasteiger partial charge in [-0.3, -0.25) is 14.9 Å². The summed E-state index contributed by atoms with van der Waals surface area (Å²) in [5.41, 5.74) is 1.45. The number of non-ortho nitro benzene ring substituents is 1. The molecule has 132 valence electrons. The molecular formula is C18H22N3O4+. The highest BCUT2D eigenvalue weighted by Crippen LogP contribution is 2.28. The van der Waals surface area contributed by atoms with Gasteiger partial charge >= 0.3 is 0 Å². The molecule has 2 rings (SSSR count). The molecule has 2 aromatic carbocycles. The van der Waals surface area contributed by atoms with E-state index in [1.54, 1.807) is 0 Å². The van der Waals surface area contributed by atoms with Gasteiger partial charge in [-0.2, -0.15) is 0 Å². The Kier molecular flexibility index (Phi) is 6.08. The molecule has 0 aromatic heterocycles. The van der Waals surface area contributed by atoms with Gasteiger partial charge in [0, 0.05) is 11.6 Å². The molecule has 2 aromatic rings. The highest BCUT2D eigenvalue weighted by atomic mass is 16.6. The minimum Gasteiger partial charge on any atom is -0.494 e. The van der Waals surface area contributed by atoms with Crippen LogP contribution in [0.15, 0.2) is 48.5 Å². The van der Waals surface area contributed by atoms with Gasteiger partial charge in [0.2, 0.25) is 0 Å². The number of quaternary nitrogens is 1. The lowest BCUT2D eigenvalue weighted by molar-refractivity contribution is -0.709. The Balaban J connectivity index is 2.04.